The number of hydrogen-bond acceptors (Lipinski definition) is 1. The maximum atomic E-state index is 12.6. The number of aromatic nitrogens is 2. The largest absolute Gasteiger partial charge is 0.352 e. The molecule has 2 heterocycles. The van der Waals surface area contributed by atoms with Crippen molar-refractivity contribution in [1.82, 2.24) is 9.97 Å². The predicted molar refractivity (Wildman–Crippen MR) is 78.7 cm³/mol. The number of hydrogen-bond donors (Lipinski definition) is 2. The summed E-state index contributed by atoms with van der Waals surface area (Å²) in [4.78, 5) is 19.2. The highest BCUT2D eigenvalue weighted by Gasteiger charge is 2.11. The number of para-hydroxylation sites is 2. The molecule has 2 aromatic carbocycles. The van der Waals surface area contributed by atoms with Crippen molar-refractivity contribution in [3.05, 3.63) is 58.3 Å². The van der Waals surface area contributed by atoms with E-state index in [-0.39, 0.29) is 5.43 Å². The first-order valence-electron chi connectivity index (χ1n) is 6.28. The van der Waals surface area contributed by atoms with Gasteiger partial charge in [0.15, 0.2) is 0 Å². The highest BCUT2D eigenvalue weighted by molar-refractivity contribution is 6.08. The minimum Gasteiger partial charge on any atom is -0.352 e. The number of benzene rings is 2. The van der Waals surface area contributed by atoms with Gasteiger partial charge >= 0.3 is 0 Å². The maximum Gasteiger partial charge on any atom is 0.213 e. The summed E-state index contributed by atoms with van der Waals surface area (Å²) in [5, 5.41) is 1.79. The molecule has 0 aliphatic heterocycles. The standard InChI is InChI=1S/C16H12N2O/c1-9-5-4-7-11-13(9)18-14-10-6-2-3-8-12(10)17-15(14)16(11)19/h2-8,17H,1H3,(H,18,19). The van der Waals surface area contributed by atoms with Gasteiger partial charge in [-0.25, -0.2) is 0 Å². The second-order valence-corrected chi connectivity index (χ2v) is 4.87. The second kappa shape index (κ2) is 3.48. The van der Waals surface area contributed by atoms with Crippen LogP contribution in [-0.2, 0) is 0 Å². The molecule has 0 bridgehead atoms. The lowest BCUT2D eigenvalue weighted by atomic mass is 10.1. The van der Waals surface area contributed by atoms with E-state index in [2.05, 4.69) is 9.97 Å². The molecule has 0 saturated heterocycles. The number of aryl methyl sites for hydroxylation is 1. The lowest BCUT2D eigenvalue weighted by Crippen LogP contribution is -2.04. The molecular formula is C16H12N2O. The smallest absolute Gasteiger partial charge is 0.213 e. The Balaban J connectivity index is 2.38. The number of H-pyrrole nitrogens is 2. The van der Waals surface area contributed by atoms with Gasteiger partial charge in [-0.3, -0.25) is 4.79 Å². The van der Waals surface area contributed by atoms with E-state index in [4.69, 9.17) is 0 Å². The van der Waals surface area contributed by atoms with E-state index >= 15 is 0 Å². The van der Waals surface area contributed by atoms with Crippen molar-refractivity contribution >= 4 is 32.8 Å². The van der Waals surface area contributed by atoms with Crippen molar-refractivity contribution in [1.29, 1.82) is 0 Å². The summed E-state index contributed by atoms with van der Waals surface area (Å²) in [6.07, 6.45) is 0. The molecule has 4 rings (SSSR count). The molecule has 0 fully saturated rings. The minimum absolute atomic E-state index is 0.0589. The summed E-state index contributed by atoms with van der Waals surface area (Å²) < 4.78 is 0. The van der Waals surface area contributed by atoms with Gasteiger partial charge in [-0.2, -0.15) is 0 Å². The van der Waals surface area contributed by atoms with Gasteiger partial charge in [0.05, 0.1) is 11.0 Å². The first-order valence-corrected chi connectivity index (χ1v) is 6.28. The van der Waals surface area contributed by atoms with Crippen LogP contribution < -0.4 is 5.43 Å². The number of rotatable bonds is 0. The van der Waals surface area contributed by atoms with Crippen LogP contribution >= 0.6 is 0 Å². The quantitative estimate of drug-likeness (QED) is 0.492. The van der Waals surface area contributed by atoms with Crippen LogP contribution in [0.5, 0.6) is 0 Å². The van der Waals surface area contributed by atoms with E-state index < -0.39 is 0 Å². The first-order chi connectivity index (χ1) is 9.25. The van der Waals surface area contributed by atoms with E-state index in [9.17, 15) is 4.79 Å². The van der Waals surface area contributed by atoms with Gasteiger partial charge in [0, 0.05) is 16.3 Å². The van der Waals surface area contributed by atoms with Gasteiger partial charge in [0.25, 0.3) is 0 Å². The Morgan fingerprint density at radius 2 is 1.58 bits per heavy atom. The molecule has 4 aromatic rings. The van der Waals surface area contributed by atoms with Crippen LogP contribution in [0.25, 0.3) is 32.8 Å². The Morgan fingerprint density at radius 1 is 0.789 bits per heavy atom. The lowest BCUT2D eigenvalue weighted by molar-refractivity contribution is 1.41. The lowest BCUT2D eigenvalue weighted by Gasteiger charge is -2.02. The first kappa shape index (κ1) is 10.4. The topological polar surface area (TPSA) is 48.6 Å². The number of pyridine rings is 1. The zero-order chi connectivity index (χ0) is 13.0. The average molecular weight is 248 g/mol. The Morgan fingerprint density at radius 3 is 2.47 bits per heavy atom. The van der Waals surface area contributed by atoms with Crippen LogP contribution in [-0.4, -0.2) is 9.97 Å². The molecule has 0 saturated carbocycles. The minimum atomic E-state index is 0.0589. The molecule has 19 heavy (non-hydrogen) atoms. The maximum absolute atomic E-state index is 12.6. The van der Waals surface area contributed by atoms with E-state index in [1.54, 1.807) is 0 Å². The number of fused-ring (bicyclic) bond motifs is 4. The van der Waals surface area contributed by atoms with Gasteiger partial charge in [-0.1, -0.05) is 30.3 Å². The van der Waals surface area contributed by atoms with Gasteiger partial charge in [0.2, 0.25) is 5.43 Å². The second-order valence-electron chi connectivity index (χ2n) is 4.87. The third-order valence-corrected chi connectivity index (χ3v) is 3.70. The van der Waals surface area contributed by atoms with Crippen molar-refractivity contribution < 1.29 is 0 Å². The van der Waals surface area contributed by atoms with Crippen molar-refractivity contribution in [2.75, 3.05) is 0 Å². The third kappa shape index (κ3) is 1.30. The molecular weight excluding hydrogens is 236 g/mol. The average Bonchev–Trinajstić information content (AvgIpc) is 2.80. The van der Waals surface area contributed by atoms with E-state index in [1.165, 1.54) is 0 Å². The van der Waals surface area contributed by atoms with Crippen LogP contribution in [0.4, 0.5) is 0 Å². The van der Waals surface area contributed by atoms with Crippen molar-refractivity contribution in [2.45, 2.75) is 6.92 Å². The zero-order valence-corrected chi connectivity index (χ0v) is 10.4. The third-order valence-electron chi connectivity index (χ3n) is 3.70. The van der Waals surface area contributed by atoms with Gasteiger partial charge in [-0.05, 0) is 24.6 Å². The van der Waals surface area contributed by atoms with Crippen molar-refractivity contribution in [2.24, 2.45) is 0 Å². The summed E-state index contributed by atoms with van der Waals surface area (Å²) >= 11 is 0. The fraction of sp³-hybridized carbons (Fsp3) is 0.0625. The highest BCUT2D eigenvalue weighted by Crippen LogP contribution is 2.24. The van der Waals surface area contributed by atoms with Crippen LogP contribution in [0.3, 0.4) is 0 Å². The summed E-state index contributed by atoms with van der Waals surface area (Å²) in [6, 6.07) is 13.8. The van der Waals surface area contributed by atoms with Crippen molar-refractivity contribution in [3.8, 4) is 0 Å². The van der Waals surface area contributed by atoms with Gasteiger partial charge < -0.3 is 9.97 Å². The molecule has 0 aliphatic carbocycles. The molecule has 0 spiro atoms. The molecule has 92 valence electrons. The number of nitrogens with one attached hydrogen (secondary N) is 2. The molecule has 3 nitrogen and oxygen atoms in total. The monoisotopic (exact) mass is 248 g/mol. The number of aromatic amines is 2. The summed E-state index contributed by atoms with van der Waals surface area (Å²) in [7, 11) is 0. The molecule has 3 heteroatoms. The van der Waals surface area contributed by atoms with Crippen LogP contribution in [0.15, 0.2) is 47.3 Å². The summed E-state index contributed by atoms with van der Waals surface area (Å²) in [5.74, 6) is 0. The molecule has 0 unspecified atom stereocenters. The Hall–Kier alpha value is -2.55. The SMILES string of the molecule is Cc1cccc2c(=O)c3[nH]c4ccccc4c3[nH]c12. The Labute approximate surface area is 108 Å². The molecule has 0 amide bonds. The van der Waals surface area contributed by atoms with Gasteiger partial charge in [0.1, 0.15) is 5.52 Å². The molecule has 0 aliphatic rings. The molecule has 0 radical (unpaired) electrons. The fourth-order valence-electron chi connectivity index (χ4n) is 2.72. The Kier molecular flexibility index (Phi) is 1.90. The van der Waals surface area contributed by atoms with Gasteiger partial charge in [-0.15, -0.1) is 0 Å². The van der Waals surface area contributed by atoms with Crippen molar-refractivity contribution in [3.63, 3.8) is 0 Å². The molecule has 0 atom stereocenters. The van der Waals surface area contributed by atoms with Crippen LogP contribution in [0, 0.1) is 6.92 Å². The molecule has 2 N–H and O–H groups in total. The summed E-state index contributed by atoms with van der Waals surface area (Å²) in [5.41, 5.74) is 4.59. The zero-order valence-electron chi connectivity index (χ0n) is 10.4. The predicted octanol–water partition coefficient (Wildman–Crippen LogP) is 3.47. The fourth-order valence-corrected chi connectivity index (χ4v) is 2.72. The molecule has 2 aromatic heterocycles. The normalized spacial score (nSPS) is 11.6. The van der Waals surface area contributed by atoms with E-state index in [0.717, 1.165) is 32.9 Å². The van der Waals surface area contributed by atoms with Crippen LogP contribution in [0.1, 0.15) is 5.56 Å². The van der Waals surface area contributed by atoms with Crippen LogP contribution in [0.2, 0.25) is 0 Å². The summed E-state index contributed by atoms with van der Waals surface area (Å²) in [6.45, 7) is 2.01. The highest BCUT2D eigenvalue weighted by atomic mass is 16.1. The van der Waals surface area contributed by atoms with E-state index in [0.29, 0.717) is 5.52 Å². The van der Waals surface area contributed by atoms with E-state index in [1.807, 2.05) is 49.4 Å². The Bertz CT molecular complexity index is 992.